The number of likely N-dealkylation sites (N-methyl/N-ethyl adjacent to an activating group) is 1. The molecule has 186 valence electrons. The van der Waals surface area contributed by atoms with Gasteiger partial charge in [-0.3, -0.25) is 4.90 Å². The third kappa shape index (κ3) is 6.52. The molecule has 0 saturated carbocycles. The summed E-state index contributed by atoms with van der Waals surface area (Å²) >= 11 is 1.54. The van der Waals surface area contributed by atoms with Gasteiger partial charge in [0.1, 0.15) is 11.9 Å². The van der Waals surface area contributed by atoms with Crippen LogP contribution in [0.3, 0.4) is 0 Å². The molecule has 0 atom stereocenters. The third-order valence-corrected chi connectivity index (χ3v) is 7.35. The van der Waals surface area contributed by atoms with Crippen molar-refractivity contribution in [1.29, 1.82) is 0 Å². The Labute approximate surface area is 210 Å². The largest absolute Gasteiger partial charge is 0.460 e. The minimum absolute atomic E-state index is 0.104. The van der Waals surface area contributed by atoms with Crippen LogP contribution in [0.25, 0.3) is 10.6 Å². The van der Waals surface area contributed by atoms with Gasteiger partial charge in [-0.15, -0.1) is 0 Å². The lowest BCUT2D eigenvalue weighted by atomic mass is 10.2. The molecule has 2 saturated heterocycles. The zero-order valence-electron chi connectivity index (χ0n) is 20.4. The van der Waals surface area contributed by atoms with E-state index in [4.69, 9.17) is 9.47 Å². The summed E-state index contributed by atoms with van der Waals surface area (Å²) in [7, 11) is 0. The lowest BCUT2D eigenvalue weighted by Crippen LogP contribution is -2.45. The SMILES string of the molecule is CCN1CCN(Cc2ccc(Nc3ncc(-c4cc(C)nc(OC5CCOCC5)n4)s3)nc2)CC1. The fourth-order valence-electron chi connectivity index (χ4n) is 4.34. The van der Waals surface area contributed by atoms with Crippen LogP contribution in [0.2, 0.25) is 0 Å². The van der Waals surface area contributed by atoms with E-state index in [2.05, 4.69) is 48.0 Å². The monoisotopic (exact) mass is 495 g/mol. The summed E-state index contributed by atoms with van der Waals surface area (Å²) in [4.78, 5) is 24.2. The summed E-state index contributed by atoms with van der Waals surface area (Å²) in [6.07, 6.45) is 5.62. The van der Waals surface area contributed by atoms with Gasteiger partial charge < -0.3 is 19.7 Å². The second-order valence-corrected chi connectivity index (χ2v) is 10.1. The molecule has 9 nitrogen and oxygen atoms in total. The van der Waals surface area contributed by atoms with Crippen LogP contribution in [0, 0.1) is 6.92 Å². The Morgan fingerprint density at radius 3 is 2.60 bits per heavy atom. The number of aromatic nitrogens is 4. The lowest BCUT2D eigenvalue weighted by molar-refractivity contribution is 0.0217. The van der Waals surface area contributed by atoms with E-state index in [0.717, 1.165) is 92.5 Å². The Balaban J connectivity index is 1.19. The molecule has 0 aliphatic carbocycles. The predicted octanol–water partition coefficient (Wildman–Crippen LogP) is 3.74. The molecule has 10 heteroatoms. The van der Waals surface area contributed by atoms with Crippen LogP contribution in [0.4, 0.5) is 10.9 Å². The number of rotatable bonds is 8. The van der Waals surface area contributed by atoms with Gasteiger partial charge in [0, 0.05) is 63.7 Å². The quantitative estimate of drug-likeness (QED) is 0.502. The standard InChI is InChI=1S/C25H33N7O2S/c1-3-31-8-10-32(11-9-31)17-19-4-5-23(26-15-19)30-25-27-16-22(35-25)21-14-18(2)28-24(29-21)34-20-6-12-33-13-7-20/h4-5,14-16,20H,3,6-13,17H2,1-2H3,(H,26,27,30). The van der Waals surface area contributed by atoms with Gasteiger partial charge in [-0.25, -0.2) is 15.0 Å². The molecular formula is C25H33N7O2S. The summed E-state index contributed by atoms with van der Waals surface area (Å²) in [6.45, 7) is 12.2. The maximum absolute atomic E-state index is 6.03. The Bertz CT molecular complexity index is 1090. The van der Waals surface area contributed by atoms with Gasteiger partial charge in [-0.1, -0.05) is 24.3 Å². The van der Waals surface area contributed by atoms with Crippen LogP contribution >= 0.6 is 11.3 Å². The highest BCUT2D eigenvalue weighted by Crippen LogP contribution is 2.30. The zero-order chi connectivity index (χ0) is 24.0. The average molecular weight is 496 g/mol. The van der Waals surface area contributed by atoms with Gasteiger partial charge in [0.15, 0.2) is 5.13 Å². The number of hydrogen-bond donors (Lipinski definition) is 1. The van der Waals surface area contributed by atoms with E-state index < -0.39 is 0 Å². The van der Waals surface area contributed by atoms with Crippen LogP contribution in [0.5, 0.6) is 6.01 Å². The Morgan fingerprint density at radius 1 is 1.06 bits per heavy atom. The van der Waals surface area contributed by atoms with Gasteiger partial charge in [-0.05, 0) is 31.2 Å². The predicted molar refractivity (Wildman–Crippen MR) is 137 cm³/mol. The molecule has 3 aromatic heterocycles. The van der Waals surface area contributed by atoms with E-state index in [9.17, 15) is 0 Å². The van der Waals surface area contributed by atoms with Crippen molar-refractivity contribution in [3.8, 4) is 16.6 Å². The maximum Gasteiger partial charge on any atom is 0.317 e. The molecular weight excluding hydrogens is 462 g/mol. The first-order valence-corrected chi connectivity index (χ1v) is 13.2. The van der Waals surface area contributed by atoms with E-state index in [0.29, 0.717) is 6.01 Å². The molecule has 5 heterocycles. The lowest BCUT2D eigenvalue weighted by Gasteiger charge is -2.33. The number of thiazole rings is 1. The number of pyridine rings is 1. The Morgan fingerprint density at radius 2 is 1.86 bits per heavy atom. The van der Waals surface area contributed by atoms with Gasteiger partial charge in [0.2, 0.25) is 0 Å². The van der Waals surface area contributed by atoms with Crippen LogP contribution in [0.1, 0.15) is 31.0 Å². The number of piperazine rings is 1. The minimum Gasteiger partial charge on any atom is -0.460 e. The highest BCUT2D eigenvalue weighted by atomic mass is 32.1. The van der Waals surface area contributed by atoms with Crippen molar-refractivity contribution < 1.29 is 9.47 Å². The first kappa shape index (κ1) is 24.1. The molecule has 0 spiro atoms. The van der Waals surface area contributed by atoms with Gasteiger partial charge in [-0.2, -0.15) is 4.98 Å². The van der Waals surface area contributed by atoms with E-state index in [-0.39, 0.29) is 6.10 Å². The van der Waals surface area contributed by atoms with Crippen LogP contribution in [0.15, 0.2) is 30.6 Å². The van der Waals surface area contributed by atoms with Crippen LogP contribution < -0.4 is 10.1 Å². The minimum atomic E-state index is 0.104. The molecule has 2 fully saturated rings. The fraction of sp³-hybridized carbons (Fsp3) is 0.520. The molecule has 0 aromatic carbocycles. The van der Waals surface area contributed by atoms with Crippen molar-refractivity contribution in [2.75, 3.05) is 51.3 Å². The Hall–Kier alpha value is -2.66. The summed E-state index contributed by atoms with van der Waals surface area (Å²) in [5, 5.41) is 4.10. The van der Waals surface area contributed by atoms with E-state index in [1.165, 1.54) is 16.9 Å². The number of aryl methyl sites for hydroxylation is 1. The summed E-state index contributed by atoms with van der Waals surface area (Å²) in [6, 6.07) is 6.54. The molecule has 2 aliphatic heterocycles. The highest BCUT2D eigenvalue weighted by Gasteiger charge is 2.18. The van der Waals surface area contributed by atoms with Gasteiger partial charge in [0.25, 0.3) is 0 Å². The summed E-state index contributed by atoms with van der Waals surface area (Å²) < 4.78 is 11.4. The van der Waals surface area contributed by atoms with Crippen molar-refractivity contribution in [2.24, 2.45) is 0 Å². The number of nitrogens with zero attached hydrogens (tertiary/aromatic N) is 6. The molecule has 2 aliphatic rings. The van der Waals surface area contributed by atoms with Crippen molar-refractivity contribution in [2.45, 2.75) is 39.3 Å². The smallest absolute Gasteiger partial charge is 0.317 e. The maximum atomic E-state index is 6.03. The molecule has 0 radical (unpaired) electrons. The molecule has 0 bridgehead atoms. The van der Waals surface area contributed by atoms with Gasteiger partial charge >= 0.3 is 6.01 Å². The van der Waals surface area contributed by atoms with E-state index >= 15 is 0 Å². The molecule has 3 aromatic rings. The van der Waals surface area contributed by atoms with Crippen molar-refractivity contribution in [3.05, 3.63) is 41.9 Å². The van der Waals surface area contributed by atoms with Crippen LogP contribution in [-0.2, 0) is 11.3 Å². The number of nitrogens with one attached hydrogen (secondary N) is 1. The van der Waals surface area contributed by atoms with Crippen molar-refractivity contribution in [3.63, 3.8) is 0 Å². The average Bonchev–Trinajstić information content (AvgIpc) is 3.35. The third-order valence-electron chi connectivity index (χ3n) is 6.41. The second-order valence-electron chi connectivity index (χ2n) is 9.02. The molecule has 35 heavy (non-hydrogen) atoms. The highest BCUT2D eigenvalue weighted by molar-refractivity contribution is 7.18. The van der Waals surface area contributed by atoms with Crippen molar-refractivity contribution >= 4 is 22.3 Å². The van der Waals surface area contributed by atoms with Crippen LogP contribution in [-0.4, -0.2) is 81.8 Å². The fourth-order valence-corrected chi connectivity index (χ4v) is 5.12. The zero-order valence-corrected chi connectivity index (χ0v) is 21.3. The molecule has 5 rings (SSSR count). The van der Waals surface area contributed by atoms with E-state index in [1.807, 2.05) is 31.5 Å². The number of ether oxygens (including phenoxy) is 2. The Kier molecular flexibility index (Phi) is 7.82. The second kappa shape index (κ2) is 11.4. The summed E-state index contributed by atoms with van der Waals surface area (Å²) in [5.74, 6) is 0.785. The van der Waals surface area contributed by atoms with Crippen molar-refractivity contribution in [1.82, 2.24) is 29.7 Å². The first-order chi connectivity index (χ1) is 17.1. The summed E-state index contributed by atoms with van der Waals surface area (Å²) in [5.41, 5.74) is 2.92. The number of anilines is 2. The molecule has 0 amide bonds. The topological polar surface area (TPSA) is 88.5 Å². The normalized spacial score (nSPS) is 18.0. The van der Waals surface area contributed by atoms with Gasteiger partial charge in [0.05, 0.1) is 23.8 Å². The molecule has 1 N–H and O–H groups in total. The van der Waals surface area contributed by atoms with E-state index in [1.54, 1.807) is 0 Å². The first-order valence-electron chi connectivity index (χ1n) is 12.4. The molecule has 0 unspecified atom stereocenters. The number of hydrogen-bond acceptors (Lipinski definition) is 10.